The molecule has 11 aromatic rings. The SMILES string of the molecule is C=C1c2ccccc2-c2ccc(N(c3ccc(-c4ccc5c(c4)c4ccccc4n5-c4ccc(-c5ccccc5)cc4)cc3)c3ccc4c(c3)-c3ccccc3CCC4c3ccccc3)cc21. The van der Waals surface area contributed by atoms with Gasteiger partial charge in [0.25, 0.3) is 0 Å². The summed E-state index contributed by atoms with van der Waals surface area (Å²) >= 11 is 0. The summed E-state index contributed by atoms with van der Waals surface area (Å²) in [4.78, 5) is 2.44. The summed E-state index contributed by atoms with van der Waals surface area (Å²) in [7, 11) is 0. The summed E-state index contributed by atoms with van der Waals surface area (Å²) < 4.78 is 2.40. The fourth-order valence-electron chi connectivity index (χ4n) is 11.1. The van der Waals surface area contributed by atoms with Gasteiger partial charge in [-0.25, -0.2) is 0 Å². The Morgan fingerprint density at radius 3 is 1.76 bits per heavy atom. The topological polar surface area (TPSA) is 8.17 Å². The maximum Gasteiger partial charge on any atom is 0.0541 e. The Bertz CT molecular complexity index is 3690. The molecular formula is C65H46N2. The van der Waals surface area contributed by atoms with E-state index in [-0.39, 0.29) is 0 Å². The number of hydrogen-bond acceptors (Lipinski definition) is 1. The highest BCUT2D eigenvalue weighted by Gasteiger charge is 2.27. The van der Waals surface area contributed by atoms with E-state index in [0.29, 0.717) is 5.92 Å². The molecule has 0 aliphatic heterocycles. The normalized spacial score (nSPS) is 13.7. The fraction of sp³-hybridized carbons (Fsp3) is 0.0462. The van der Waals surface area contributed by atoms with E-state index < -0.39 is 0 Å². The third-order valence-electron chi connectivity index (χ3n) is 14.4. The lowest BCUT2D eigenvalue weighted by molar-refractivity contribution is 0.726. The molecule has 1 unspecified atom stereocenters. The summed E-state index contributed by atoms with van der Waals surface area (Å²) in [5, 5.41) is 2.48. The zero-order valence-corrected chi connectivity index (χ0v) is 37.1. The van der Waals surface area contributed by atoms with E-state index in [4.69, 9.17) is 0 Å². The summed E-state index contributed by atoms with van der Waals surface area (Å²) in [5.74, 6) is 0.304. The Labute approximate surface area is 392 Å². The number of nitrogens with zero attached hydrogens (tertiary/aromatic N) is 2. The number of aryl methyl sites for hydroxylation is 1. The molecule has 1 atom stereocenters. The quantitative estimate of drug-likeness (QED) is 0.155. The number of anilines is 3. The van der Waals surface area contributed by atoms with Gasteiger partial charge in [0.15, 0.2) is 0 Å². The highest BCUT2D eigenvalue weighted by atomic mass is 15.1. The van der Waals surface area contributed by atoms with Gasteiger partial charge in [-0.05, 0) is 157 Å². The van der Waals surface area contributed by atoms with Gasteiger partial charge in [-0.2, -0.15) is 0 Å². The van der Waals surface area contributed by atoms with Crippen LogP contribution in [0.5, 0.6) is 0 Å². The van der Waals surface area contributed by atoms with Crippen molar-refractivity contribution in [1.29, 1.82) is 0 Å². The largest absolute Gasteiger partial charge is 0.310 e. The molecule has 2 nitrogen and oxygen atoms in total. The van der Waals surface area contributed by atoms with Crippen LogP contribution in [0.25, 0.3) is 77.6 Å². The molecule has 0 N–H and O–H groups in total. The Balaban J connectivity index is 0.921. The van der Waals surface area contributed by atoms with Crippen LogP contribution in [-0.2, 0) is 6.42 Å². The van der Waals surface area contributed by atoms with Crippen molar-refractivity contribution >= 4 is 44.4 Å². The van der Waals surface area contributed by atoms with Gasteiger partial charge in [0.1, 0.15) is 0 Å². The summed E-state index contributed by atoms with van der Waals surface area (Å²) in [6.07, 6.45) is 2.10. The van der Waals surface area contributed by atoms with Gasteiger partial charge in [-0.1, -0.05) is 176 Å². The number of rotatable bonds is 7. The molecule has 2 aliphatic rings. The summed E-state index contributed by atoms with van der Waals surface area (Å²) in [5.41, 5.74) is 24.4. The van der Waals surface area contributed by atoms with Crippen LogP contribution in [0.1, 0.15) is 40.2 Å². The van der Waals surface area contributed by atoms with E-state index in [0.717, 1.165) is 41.2 Å². The maximum atomic E-state index is 4.61. The van der Waals surface area contributed by atoms with Crippen molar-refractivity contribution in [3.05, 3.63) is 271 Å². The molecule has 316 valence electrons. The first kappa shape index (κ1) is 39.0. The number of benzene rings is 10. The van der Waals surface area contributed by atoms with Crippen LogP contribution in [0.2, 0.25) is 0 Å². The average Bonchev–Trinajstić information content (AvgIpc) is 3.81. The second-order valence-electron chi connectivity index (χ2n) is 18.1. The molecule has 0 spiro atoms. The smallest absolute Gasteiger partial charge is 0.0541 e. The highest BCUT2D eigenvalue weighted by molar-refractivity contribution is 6.10. The zero-order valence-electron chi connectivity index (χ0n) is 37.1. The minimum atomic E-state index is 0.304. The highest BCUT2D eigenvalue weighted by Crippen LogP contribution is 2.49. The lowest BCUT2D eigenvalue weighted by Crippen LogP contribution is -2.11. The van der Waals surface area contributed by atoms with Crippen molar-refractivity contribution < 1.29 is 0 Å². The molecule has 13 rings (SSSR count). The van der Waals surface area contributed by atoms with Crippen molar-refractivity contribution in [3.63, 3.8) is 0 Å². The van der Waals surface area contributed by atoms with E-state index in [9.17, 15) is 0 Å². The van der Waals surface area contributed by atoms with Gasteiger partial charge in [0.05, 0.1) is 11.0 Å². The summed E-state index contributed by atoms with van der Waals surface area (Å²) in [6.45, 7) is 4.61. The summed E-state index contributed by atoms with van der Waals surface area (Å²) in [6, 6.07) is 87.2. The van der Waals surface area contributed by atoms with Crippen LogP contribution in [0.4, 0.5) is 17.1 Å². The van der Waals surface area contributed by atoms with Crippen molar-refractivity contribution in [2.45, 2.75) is 18.8 Å². The number of aromatic nitrogens is 1. The predicted molar refractivity (Wildman–Crippen MR) is 282 cm³/mol. The van der Waals surface area contributed by atoms with Crippen molar-refractivity contribution in [2.75, 3.05) is 4.90 Å². The van der Waals surface area contributed by atoms with Gasteiger partial charge < -0.3 is 9.47 Å². The minimum absolute atomic E-state index is 0.304. The zero-order chi connectivity index (χ0) is 44.4. The van der Waals surface area contributed by atoms with Crippen LogP contribution in [0.3, 0.4) is 0 Å². The molecule has 0 saturated carbocycles. The second kappa shape index (κ2) is 15.9. The van der Waals surface area contributed by atoms with Gasteiger partial charge in [0, 0.05) is 39.4 Å². The molecule has 0 saturated heterocycles. The van der Waals surface area contributed by atoms with E-state index in [1.807, 2.05) is 0 Å². The molecule has 0 amide bonds. The molecule has 2 heteroatoms. The molecule has 2 aliphatic carbocycles. The molecule has 0 radical (unpaired) electrons. The maximum absolute atomic E-state index is 4.61. The molecule has 0 fully saturated rings. The van der Waals surface area contributed by atoms with Crippen molar-refractivity contribution in [1.82, 2.24) is 4.57 Å². The Hall–Kier alpha value is -8.46. The number of hydrogen-bond donors (Lipinski definition) is 0. The molecule has 10 aromatic carbocycles. The van der Waals surface area contributed by atoms with Crippen molar-refractivity contribution in [2.24, 2.45) is 0 Å². The molecule has 67 heavy (non-hydrogen) atoms. The van der Waals surface area contributed by atoms with Crippen LogP contribution in [-0.4, -0.2) is 4.57 Å². The molecule has 1 aromatic heterocycles. The fourth-order valence-corrected chi connectivity index (χ4v) is 11.1. The number of fused-ring (bicyclic) bond motifs is 9. The minimum Gasteiger partial charge on any atom is -0.310 e. The Morgan fingerprint density at radius 2 is 0.955 bits per heavy atom. The van der Waals surface area contributed by atoms with E-state index in [1.54, 1.807) is 0 Å². The van der Waals surface area contributed by atoms with Gasteiger partial charge in [0.2, 0.25) is 0 Å². The van der Waals surface area contributed by atoms with Gasteiger partial charge in [-0.15, -0.1) is 0 Å². The van der Waals surface area contributed by atoms with Crippen LogP contribution < -0.4 is 4.90 Å². The Kier molecular flexibility index (Phi) is 9.25. The first-order valence-electron chi connectivity index (χ1n) is 23.4. The monoisotopic (exact) mass is 854 g/mol. The molecule has 0 bridgehead atoms. The average molecular weight is 855 g/mol. The Morgan fingerprint density at radius 1 is 0.388 bits per heavy atom. The second-order valence-corrected chi connectivity index (χ2v) is 18.1. The van der Waals surface area contributed by atoms with E-state index in [1.165, 1.54) is 94.1 Å². The van der Waals surface area contributed by atoms with Crippen LogP contribution >= 0.6 is 0 Å². The van der Waals surface area contributed by atoms with E-state index in [2.05, 4.69) is 253 Å². The first-order valence-corrected chi connectivity index (χ1v) is 23.4. The standard InChI is InChI=1S/C65H46N2/c1-43-54-19-10-11-21-57(54)59-38-35-52(41-61(43)59)66(53-34-37-58-56(47-16-6-3-7-17-47)36-28-48-18-8-9-20-55(48)62(58)42-53)50-30-26-46(27-31-50)49-29-39-65-63(40-49)60-22-12-13-23-64(60)67(65)51-32-24-45(25-33-51)44-14-4-2-5-15-44/h2-27,29-35,37-42,56H,1,28,36H2. The van der Waals surface area contributed by atoms with Crippen LogP contribution in [0.15, 0.2) is 243 Å². The number of para-hydroxylation sites is 1. The third kappa shape index (κ3) is 6.56. The van der Waals surface area contributed by atoms with Gasteiger partial charge >= 0.3 is 0 Å². The predicted octanol–water partition coefficient (Wildman–Crippen LogP) is 17.4. The lowest BCUT2D eigenvalue weighted by Gasteiger charge is -2.28. The third-order valence-corrected chi connectivity index (χ3v) is 14.4. The first-order chi connectivity index (χ1) is 33.1. The lowest BCUT2D eigenvalue weighted by atomic mass is 9.85. The van der Waals surface area contributed by atoms with Gasteiger partial charge in [-0.3, -0.25) is 0 Å². The molecule has 1 heterocycles. The van der Waals surface area contributed by atoms with E-state index >= 15 is 0 Å². The molecular weight excluding hydrogens is 809 g/mol. The van der Waals surface area contributed by atoms with Crippen LogP contribution in [0, 0.1) is 0 Å². The van der Waals surface area contributed by atoms with Crippen molar-refractivity contribution in [3.8, 4) is 50.2 Å².